The van der Waals surface area contributed by atoms with Crippen LogP contribution in [0.25, 0.3) is 0 Å². The minimum absolute atomic E-state index is 0.126. The van der Waals surface area contributed by atoms with Crippen LogP contribution in [-0.2, 0) is 0 Å². The number of anilines is 1. The fraction of sp³-hybridized carbons (Fsp3) is 0.300. The van der Waals surface area contributed by atoms with Gasteiger partial charge < -0.3 is 15.8 Å². The summed E-state index contributed by atoms with van der Waals surface area (Å²) in [6.45, 7) is 3.94. The molecule has 0 aliphatic rings. The molecule has 3 N–H and O–H groups in total. The number of halogens is 1. The van der Waals surface area contributed by atoms with Crippen LogP contribution in [0.15, 0.2) is 22.7 Å². The Morgan fingerprint density at radius 3 is 2.73 bits per heavy atom. The summed E-state index contributed by atoms with van der Waals surface area (Å²) in [4.78, 5) is 0. The van der Waals surface area contributed by atoms with Crippen LogP contribution in [0, 0.1) is 0 Å². The highest BCUT2D eigenvalue weighted by molar-refractivity contribution is 9.10. The molecular weight excluding hydrogens is 276 g/mol. The molecule has 1 aromatic carbocycles. The Bertz CT molecular complexity index is 368. The average molecular weight is 289 g/mol. The van der Waals surface area contributed by atoms with Gasteiger partial charge in [0.25, 0.3) is 0 Å². The van der Waals surface area contributed by atoms with Gasteiger partial charge >= 0.3 is 0 Å². The summed E-state index contributed by atoms with van der Waals surface area (Å²) in [7, 11) is 0. The zero-order valence-corrected chi connectivity index (χ0v) is 11.0. The summed E-state index contributed by atoms with van der Waals surface area (Å²) in [6, 6.07) is 5.61. The second-order valence-electron chi connectivity index (χ2n) is 3.30. The molecule has 5 heteroatoms. The first-order valence-electron chi connectivity index (χ1n) is 4.51. The highest BCUT2D eigenvalue weighted by Gasteiger charge is 2.05. The number of thiocarbonyl (C=S) groups is 1. The van der Waals surface area contributed by atoms with Crippen LogP contribution in [0.3, 0.4) is 0 Å². The van der Waals surface area contributed by atoms with E-state index in [1.165, 1.54) is 0 Å². The molecule has 0 unspecified atom stereocenters. The minimum Gasteiger partial charge on any atom is -0.490 e. The predicted octanol–water partition coefficient (Wildman–Crippen LogP) is 2.89. The molecule has 1 aromatic rings. The number of nitrogens with two attached hydrogens (primary N) is 1. The molecule has 0 saturated carbocycles. The molecular formula is C10H13BrN2OS. The van der Waals surface area contributed by atoms with Crippen molar-refractivity contribution in [1.82, 2.24) is 0 Å². The van der Waals surface area contributed by atoms with E-state index in [2.05, 4.69) is 21.2 Å². The molecule has 0 spiro atoms. The van der Waals surface area contributed by atoms with E-state index in [9.17, 15) is 0 Å². The van der Waals surface area contributed by atoms with Gasteiger partial charge in [-0.25, -0.2) is 0 Å². The Morgan fingerprint density at radius 1 is 1.53 bits per heavy atom. The lowest BCUT2D eigenvalue weighted by molar-refractivity contribution is 0.241. The molecule has 1 rings (SSSR count). The van der Waals surface area contributed by atoms with Crippen molar-refractivity contribution in [3.8, 4) is 5.75 Å². The van der Waals surface area contributed by atoms with Crippen molar-refractivity contribution in [2.75, 3.05) is 5.32 Å². The SMILES string of the molecule is CC(C)Oc1cc(NC(N)=S)ccc1Br. The van der Waals surface area contributed by atoms with E-state index in [0.29, 0.717) is 0 Å². The Morgan fingerprint density at radius 2 is 2.20 bits per heavy atom. The third kappa shape index (κ3) is 4.05. The van der Waals surface area contributed by atoms with Gasteiger partial charge in [-0.2, -0.15) is 0 Å². The lowest BCUT2D eigenvalue weighted by atomic mass is 10.3. The predicted molar refractivity (Wildman–Crippen MR) is 70.3 cm³/mol. The minimum atomic E-state index is 0.126. The molecule has 0 aromatic heterocycles. The molecule has 0 aliphatic carbocycles. The highest BCUT2D eigenvalue weighted by atomic mass is 79.9. The number of nitrogens with one attached hydrogen (secondary N) is 1. The first kappa shape index (κ1) is 12.3. The van der Waals surface area contributed by atoms with Crippen LogP contribution >= 0.6 is 28.1 Å². The van der Waals surface area contributed by atoms with Crippen molar-refractivity contribution in [2.45, 2.75) is 20.0 Å². The lowest BCUT2D eigenvalue weighted by Crippen LogP contribution is -2.19. The average Bonchev–Trinajstić information content (AvgIpc) is 2.09. The normalized spacial score (nSPS) is 10.1. The number of rotatable bonds is 3. The van der Waals surface area contributed by atoms with Gasteiger partial charge in [0.2, 0.25) is 0 Å². The summed E-state index contributed by atoms with van der Waals surface area (Å²) in [6.07, 6.45) is 0.126. The maximum absolute atomic E-state index is 5.60. The van der Waals surface area contributed by atoms with Gasteiger partial charge in [-0.3, -0.25) is 0 Å². The standard InChI is InChI=1S/C10H13BrN2OS/c1-6(2)14-9-5-7(13-10(12)15)3-4-8(9)11/h3-6H,1-2H3,(H3,12,13,15). The van der Waals surface area contributed by atoms with Crippen LogP contribution in [0.2, 0.25) is 0 Å². The van der Waals surface area contributed by atoms with Crippen LogP contribution in [0.4, 0.5) is 5.69 Å². The third-order valence-corrected chi connectivity index (χ3v) is 2.32. The van der Waals surface area contributed by atoms with E-state index in [4.69, 9.17) is 22.7 Å². The Balaban J connectivity index is 2.89. The first-order chi connectivity index (χ1) is 6.99. The second kappa shape index (κ2) is 5.32. The number of hydrogen-bond donors (Lipinski definition) is 2. The smallest absolute Gasteiger partial charge is 0.168 e. The fourth-order valence-electron chi connectivity index (χ4n) is 1.07. The number of hydrogen-bond acceptors (Lipinski definition) is 2. The molecule has 0 atom stereocenters. The summed E-state index contributed by atoms with van der Waals surface area (Å²) in [5.74, 6) is 0.770. The van der Waals surface area contributed by atoms with E-state index < -0.39 is 0 Å². The van der Waals surface area contributed by atoms with Crippen molar-refractivity contribution in [1.29, 1.82) is 0 Å². The van der Waals surface area contributed by atoms with Crippen molar-refractivity contribution in [3.05, 3.63) is 22.7 Å². The van der Waals surface area contributed by atoms with Gasteiger partial charge in [-0.15, -0.1) is 0 Å². The van der Waals surface area contributed by atoms with Gasteiger partial charge in [0, 0.05) is 11.8 Å². The molecule has 0 aliphatic heterocycles. The van der Waals surface area contributed by atoms with Gasteiger partial charge in [0.1, 0.15) is 5.75 Å². The molecule has 0 fully saturated rings. The van der Waals surface area contributed by atoms with Crippen molar-refractivity contribution >= 4 is 38.9 Å². The summed E-state index contributed by atoms with van der Waals surface area (Å²) < 4.78 is 6.50. The van der Waals surface area contributed by atoms with Gasteiger partial charge in [0.15, 0.2) is 5.11 Å². The molecule has 0 amide bonds. The van der Waals surface area contributed by atoms with Gasteiger partial charge in [0.05, 0.1) is 10.6 Å². The lowest BCUT2D eigenvalue weighted by Gasteiger charge is -2.13. The zero-order valence-electron chi connectivity index (χ0n) is 8.58. The molecule has 0 radical (unpaired) electrons. The van der Waals surface area contributed by atoms with E-state index in [0.717, 1.165) is 15.9 Å². The summed E-state index contributed by atoms with van der Waals surface area (Å²) >= 11 is 8.16. The third-order valence-electron chi connectivity index (χ3n) is 1.56. The first-order valence-corrected chi connectivity index (χ1v) is 5.72. The monoisotopic (exact) mass is 288 g/mol. The maximum Gasteiger partial charge on any atom is 0.168 e. The van der Waals surface area contributed by atoms with Crippen molar-refractivity contribution < 1.29 is 4.74 Å². The number of ether oxygens (including phenoxy) is 1. The van der Waals surface area contributed by atoms with E-state index in [-0.39, 0.29) is 11.2 Å². The van der Waals surface area contributed by atoms with E-state index >= 15 is 0 Å². The molecule has 15 heavy (non-hydrogen) atoms. The Kier molecular flexibility index (Phi) is 4.35. The Labute approximate surface area is 103 Å². The zero-order chi connectivity index (χ0) is 11.4. The second-order valence-corrected chi connectivity index (χ2v) is 4.60. The van der Waals surface area contributed by atoms with Gasteiger partial charge in [-0.1, -0.05) is 0 Å². The van der Waals surface area contributed by atoms with Crippen molar-refractivity contribution in [2.24, 2.45) is 5.73 Å². The van der Waals surface area contributed by atoms with Gasteiger partial charge in [-0.05, 0) is 54.1 Å². The van der Waals surface area contributed by atoms with Crippen LogP contribution in [0.1, 0.15) is 13.8 Å². The number of benzene rings is 1. The topological polar surface area (TPSA) is 47.3 Å². The Hall–Kier alpha value is -0.810. The van der Waals surface area contributed by atoms with Crippen LogP contribution < -0.4 is 15.8 Å². The van der Waals surface area contributed by atoms with E-state index in [1.54, 1.807) is 0 Å². The molecule has 3 nitrogen and oxygen atoms in total. The quantitative estimate of drug-likeness (QED) is 0.840. The van der Waals surface area contributed by atoms with Crippen LogP contribution in [-0.4, -0.2) is 11.2 Å². The maximum atomic E-state index is 5.60. The molecule has 0 saturated heterocycles. The highest BCUT2D eigenvalue weighted by Crippen LogP contribution is 2.28. The molecule has 0 bridgehead atoms. The van der Waals surface area contributed by atoms with E-state index in [1.807, 2.05) is 32.0 Å². The summed E-state index contributed by atoms with van der Waals surface area (Å²) in [5, 5.41) is 3.10. The van der Waals surface area contributed by atoms with Crippen molar-refractivity contribution in [3.63, 3.8) is 0 Å². The largest absolute Gasteiger partial charge is 0.490 e. The van der Waals surface area contributed by atoms with Crippen LogP contribution in [0.5, 0.6) is 5.75 Å². The molecule has 0 heterocycles. The molecule has 82 valence electrons. The fourth-order valence-corrected chi connectivity index (χ4v) is 1.53. The summed E-state index contributed by atoms with van der Waals surface area (Å²) in [5.41, 5.74) is 6.20.